The Bertz CT molecular complexity index is 632. The van der Waals surface area contributed by atoms with Crippen LogP contribution in [0.15, 0.2) is 30.3 Å². The van der Waals surface area contributed by atoms with Gasteiger partial charge < -0.3 is 4.90 Å². The molecule has 1 aliphatic heterocycles. The molecule has 1 aliphatic rings. The number of sulfone groups is 1. The first-order valence-electron chi connectivity index (χ1n) is 7.10. The number of carbonyl (C=O) groups is 1. The van der Waals surface area contributed by atoms with E-state index in [0.29, 0.717) is 13.0 Å². The van der Waals surface area contributed by atoms with E-state index in [-0.39, 0.29) is 23.5 Å². The second kappa shape index (κ2) is 6.43. The monoisotopic (exact) mass is 307 g/mol. The van der Waals surface area contributed by atoms with Gasteiger partial charge in [-0.3, -0.25) is 4.79 Å². The van der Waals surface area contributed by atoms with Gasteiger partial charge in [0.25, 0.3) is 0 Å². The average molecular weight is 307 g/mol. The van der Waals surface area contributed by atoms with E-state index < -0.39 is 9.84 Å². The first-order valence-corrected chi connectivity index (χ1v) is 8.92. The van der Waals surface area contributed by atoms with Crippen LogP contribution < -0.4 is 0 Å². The summed E-state index contributed by atoms with van der Waals surface area (Å²) in [7, 11) is -2.98. The zero-order valence-corrected chi connectivity index (χ0v) is 13.3. The molecule has 1 saturated heterocycles. The minimum atomic E-state index is -2.98. The Morgan fingerprint density at radius 1 is 1.33 bits per heavy atom. The summed E-state index contributed by atoms with van der Waals surface area (Å²) in [4.78, 5) is 13.8. The molecule has 2 rings (SSSR count). The van der Waals surface area contributed by atoms with Gasteiger partial charge in [0.15, 0.2) is 9.84 Å². The van der Waals surface area contributed by atoms with E-state index in [4.69, 9.17) is 0 Å². The average Bonchev–Trinajstić information content (AvgIpc) is 2.40. The molecule has 1 atom stereocenters. The van der Waals surface area contributed by atoms with Crippen molar-refractivity contribution in [2.75, 3.05) is 18.1 Å². The Morgan fingerprint density at radius 2 is 2.00 bits per heavy atom. The second-order valence-corrected chi connectivity index (χ2v) is 7.80. The molecule has 5 heteroatoms. The summed E-state index contributed by atoms with van der Waals surface area (Å²) in [5.74, 6) is 0.131. The van der Waals surface area contributed by atoms with Crippen LogP contribution in [0, 0.1) is 6.92 Å². The summed E-state index contributed by atoms with van der Waals surface area (Å²) in [6.07, 6.45) is 4.06. The fourth-order valence-corrected chi connectivity index (χ4v) is 4.02. The zero-order chi connectivity index (χ0) is 15.5. The summed E-state index contributed by atoms with van der Waals surface area (Å²) in [6.45, 7) is 4.13. The van der Waals surface area contributed by atoms with Gasteiger partial charge in [-0.25, -0.2) is 8.42 Å². The largest absolute Gasteiger partial charge is 0.338 e. The van der Waals surface area contributed by atoms with Gasteiger partial charge in [0.1, 0.15) is 0 Å². The lowest BCUT2D eigenvalue weighted by molar-refractivity contribution is -0.131. The molecular weight excluding hydrogens is 286 g/mol. The maximum atomic E-state index is 12.1. The van der Waals surface area contributed by atoms with Crippen molar-refractivity contribution in [2.45, 2.75) is 26.3 Å². The van der Waals surface area contributed by atoms with Gasteiger partial charge in [-0.2, -0.15) is 0 Å². The molecule has 0 spiro atoms. The Kier molecular flexibility index (Phi) is 4.83. The molecule has 0 saturated carbocycles. The Balaban J connectivity index is 1.91. The zero-order valence-electron chi connectivity index (χ0n) is 12.5. The molecule has 0 bridgehead atoms. The fraction of sp³-hybridized carbons (Fsp3) is 0.438. The van der Waals surface area contributed by atoms with Crippen LogP contribution in [0.1, 0.15) is 24.5 Å². The molecule has 0 radical (unpaired) electrons. The highest BCUT2D eigenvalue weighted by molar-refractivity contribution is 7.91. The standard InChI is InChI=1S/C16H21NO3S/c1-13-6-8-15(9-7-13)4-3-5-16(18)17-10-11-21(19,20)12-14(17)2/h3-4,6-9,14H,5,10-12H2,1-2H3/b4-3+/t14-/m1/s1. The number of aryl methyl sites for hydroxylation is 1. The van der Waals surface area contributed by atoms with E-state index in [1.807, 2.05) is 43.3 Å². The third kappa shape index (κ3) is 4.43. The number of hydrogen-bond acceptors (Lipinski definition) is 3. The van der Waals surface area contributed by atoms with Crippen LogP contribution in [0.5, 0.6) is 0 Å². The maximum Gasteiger partial charge on any atom is 0.226 e. The van der Waals surface area contributed by atoms with Crippen LogP contribution in [-0.4, -0.2) is 43.3 Å². The third-order valence-corrected chi connectivity index (χ3v) is 5.47. The van der Waals surface area contributed by atoms with Gasteiger partial charge in [-0.05, 0) is 19.4 Å². The third-order valence-electron chi connectivity index (χ3n) is 3.67. The van der Waals surface area contributed by atoms with Crippen LogP contribution in [-0.2, 0) is 14.6 Å². The topological polar surface area (TPSA) is 54.5 Å². The summed E-state index contributed by atoms with van der Waals surface area (Å²) in [6, 6.07) is 7.83. The van der Waals surface area contributed by atoms with Crippen molar-refractivity contribution in [3.63, 3.8) is 0 Å². The minimum absolute atomic E-state index is 0.0132. The minimum Gasteiger partial charge on any atom is -0.338 e. The highest BCUT2D eigenvalue weighted by atomic mass is 32.2. The van der Waals surface area contributed by atoms with E-state index >= 15 is 0 Å². The van der Waals surface area contributed by atoms with Gasteiger partial charge in [0.2, 0.25) is 5.91 Å². The normalized spacial score (nSPS) is 21.6. The molecule has 21 heavy (non-hydrogen) atoms. The van der Waals surface area contributed by atoms with Crippen LogP contribution in [0.4, 0.5) is 0 Å². The number of amides is 1. The number of benzene rings is 1. The van der Waals surface area contributed by atoms with Gasteiger partial charge in [0.05, 0.1) is 11.5 Å². The molecule has 114 valence electrons. The molecule has 0 unspecified atom stereocenters. The molecule has 1 heterocycles. The highest BCUT2D eigenvalue weighted by Crippen LogP contribution is 2.13. The lowest BCUT2D eigenvalue weighted by Crippen LogP contribution is -2.49. The number of rotatable bonds is 3. The van der Waals surface area contributed by atoms with Crippen molar-refractivity contribution in [2.24, 2.45) is 0 Å². The van der Waals surface area contributed by atoms with E-state index in [1.54, 1.807) is 11.8 Å². The molecule has 0 aromatic heterocycles. The predicted octanol–water partition coefficient (Wildman–Crippen LogP) is 2.04. The van der Waals surface area contributed by atoms with E-state index in [9.17, 15) is 13.2 Å². The van der Waals surface area contributed by atoms with Gasteiger partial charge >= 0.3 is 0 Å². The Morgan fingerprint density at radius 3 is 2.62 bits per heavy atom. The van der Waals surface area contributed by atoms with Gasteiger partial charge in [-0.1, -0.05) is 42.0 Å². The van der Waals surface area contributed by atoms with E-state index in [2.05, 4.69) is 0 Å². The number of hydrogen-bond donors (Lipinski definition) is 0. The Hall–Kier alpha value is -1.62. The van der Waals surface area contributed by atoms with Crippen LogP contribution in [0.3, 0.4) is 0 Å². The molecule has 0 aliphatic carbocycles. The smallest absolute Gasteiger partial charge is 0.226 e. The van der Waals surface area contributed by atoms with Gasteiger partial charge in [0, 0.05) is 19.0 Å². The molecular formula is C16H21NO3S. The van der Waals surface area contributed by atoms with E-state index in [1.165, 1.54) is 5.56 Å². The quantitative estimate of drug-likeness (QED) is 0.859. The second-order valence-electron chi connectivity index (χ2n) is 5.57. The number of carbonyl (C=O) groups excluding carboxylic acids is 1. The summed E-state index contributed by atoms with van der Waals surface area (Å²) in [5.41, 5.74) is 2.26. The molecule has 1 aromatic carbocycles. The van der Waals surface area contributed by atoms with E-state index in [0.717, 1.165) is 5.56 Å². The lowest BCUT2D eigenvalue weighted by Gasteiger charge is -2.33. The van der Waals surface area contributed by atoms with Crippen LogP contribution in [0.25, 0.3) is 6.08 Å². The van der Waals surface area contributed by atoms with Crippen molar-refractivity contribution in [1.29, 1.82) is 0 Å². The fourth-order valence-electron chi connectivity index (χ4n) is 2.46. The number of nitrogens with zero attached hydrogens (tertiary/aromatic N) is 1. The predicted molar refractivity (Wildman–Crippen MR) is 84.7 cm³/mol. The molecule has 1 fully saturated rings. The summed E-state index contributed by atoms with van der Waals surface area (Å²) < 4.78 is 23.0. The first kappa shape index (κ1) is 15.8. The van der Waals surface area contributed by atoms with Crippen LogP contribution >= 0.6 is 0 Å². The SMILES string of the molecule is Cc1ccc(/C=C/CC(=O)N2CCS(=O)(=O)C[C@H]2C)cc1. The highest BCUT2D eigenvalue weighted by Gasteiger charge is 2.30. The summed E-state index contributed by atoms with van der Waals surface area (Å²) in [5, 5.41) is 0. The lowest BCUT2D eigenvalue weighted by atomic mass is 10.1. The molecule has 1 aromatic rings. The van der Waals surface area contributed by atoms with Crippen molar-refractivity contribution in [3.05, 3.63) is 41.5 Å². The molecule has 0 N–H and O–H groups in total. The van der Waals surface area contributed by atoms with Crippen molar-refractivity contribution >= 4 is 21.8 Å². The van der Waals surface area contributed by atoms with Crippen molar-refractivity contribution in [1.82, 2.24) is 4.90 Å². The van der Waals surface area contributed by atoms with Crippen LogP contribution in [0.2, 0.25) is 0 Å². The van der Waals surface area contributed by atoms with Crippen molar-refractivity contribution in [3.8, 4) is 0 Å². The van der Waals surface area contributed by atoms with Gasteiger partial charge in [-0.15, -0.1) is 0 Å². The maximum absolute atomic E-state index is 12.1. The van der Waals surface area contributed by atoms with Crippen molar-refractivity contribution < 1.29 is 13.2 Å². The Labute approximate surface area is 126 Å². The summed E-state index contributed by atoms with van der Waals surface area (Å²) >= 11 is 0. The molecule has 4 nitrogen and oxygen atoms in total. The molecule has 1 amide bonds. The first-order chi connectivity index (χ1) is 9.87.